The Balaban J connectivity index is 1.36. The van der Waals surface area contributed by atoms with Gasteiger partial charge in [0.15, 0.2) is 0 Å². The van der Waals surface area contributed by atoms with Gasteiger partial charge < -0.3 is 14.2 Å². The normalized spacial score (nSPS) is 15.2. The molecule has 0 radical (unpaired) electrons. The van der Waals surface area contributed by atoms with Crippen LogP contribution in [0.3, 0.4) is 0 Å². The van der Waals surface area contributed by atoms with Crippen LogP contribution in [0, 0.1) is 13.8 Å². The standard InChI is InChI=1S/C20H27N3O3/c1-16-19(17(2)26-21-16)8-9-20(24)23-12-10-22(11-13-23)14-15-25-18-6-4-3-5-7-18/h3-7H,8-15H2,1-2H3. The first-order valence-electron chi connectivity index (χ1n) is 9.23. The van der Waals surface area contributed by atoms with Crippen molar-refractivity contribution in [3.63, 3.8) is 0 Å². The Morgan fingerprint density at radius 1 is 1.15 bits per heavy atom. The fourth-order valence-electron chi connectivity index (χ4n) is 3.28. The zero-order valence-electron chi connectivity index (χ0n) is 15.6. The third-order valence-corrected chi connectivity index (χ3v) is 4.91. The van der Waals surface area contributed by atoms with Crippen molar-refractivity contribution in [1.29, 1.82) is 0 Å². The van der Waals surface area contributed by atoms with Gasteiger partial charge in [0.25, 0.3) is 0 Å². The fraction of sp³-hybridized carbons (Fsp3) is 0.500. The number of rotatable bonds is 7. The number of hydrogen-bond donors (Lipinski definition) is 0. The molecule has 1 aliphatic heterocycles. The first kappa shape index (κ1) is 18.5. The number of hydrogen-bond acceptors (Lipinski definition) is 5. The molecule has 2 aromatic rings. The number of amides is 1. The predicted molar refractivity (Wildman–Crippen MR) is 99.3 cm³/mol. The van der Waals surface area contributed by atoms with Gasteiger partial charge in [-0.3, -0.25) is 9.69 Å². The van der Waals surface area contributed by atoms with E-state index in [2.05, 4.69) is 10.1 Å². The number of carbonyl (C=O) groups is 1. The maximum atomic E-state index is 12.5. The molecule has 3 rings (SSSR count). The summed E-state index contributed by atoms with van der Waals surface area (Å²) in [5, 5.41) is 3.95. The van der Waals surface area contributed by atoms with Crippen LogP contribution in [0.4, 0.5) is 0 Å². The third kappa shape index (κ3) is 4.85. The van der Waals surface area contributed by atoms with E-state index in [1.54, 1.807) is 0 Å². The first-order chi connectivity index (χ1) is 12.6. The average molecular weight is 357 g/mol. The maximum absolute atomic E-state index is 12.5. The molecule has 1 saturated heterocycles. The highest BCUT2D eigenvalue weighted by Gasteiger charge is 2.21. The van der Waals surface area contributed by atoms with Gasteiger partial charge in [-0.05, 0) is 32.4 Å². The Morgan fingerprint density at radius 3 is 2.54 bits per heavy atom. The second-order valence-electron chi connectivity index (χ2n) is 6.69. The minimum atomic E-state index is 0.213. The summed E-state index contributed by atoms with van der Waals surface area (Å²) in [5.74, 6) is 1.93. The van der Waals surface area contributed by atoms with Crippen molar-refractivity contribution in [1.82, 2.24) is 15.0 Å². The molecule has 0 atom stereocenters. The Morgan fingerprint density at radius 2 is 1.88 bits per heavy atom. The van der Waals surface area contributed by atoms with E-state index < -0.39 is 0 Å². The number of para-hydroxylation sites is 1. The van der Waals surface area contributed by atoms with Crippen molar-refractivity contribution in [2.75, 3.05) is 39.3 Å². The lowest BCUT2D eigenvalue weighted by Crippen LogP contribution is -2.49. The highest BCUT2D eigenvalue weighted by Crippen LogP contribution is 2.15. The summed E-state index contributed by atoms with van der Waals surface area (Å²) in [6.45, 7) is 8.74. The summed E-state index contributed by atoms with van der Waals surface area (Å²) in [5.41, 5.74) is 1.95. The van der Waals surface area contributed by atoms with E-state index in [1.807, 2.05) is 49.1 Å². The van der Waals surface area contributed by atoms with Crippen LogP contribution in [-0.4, -0.2) is 60.2 Å². The molecule has 1 amide bonds. The largest absolute Gasteiger partial charge is 0.492 e. The average Bonchev–Trinajstić information content (AvgIpc) is 2.99. The van der Waals surface area contributed by atoms with Crippen LogP contribution in [0.15, 0.2) is 34.9 Å². The number of benzene rings is 1. The van der Waals surface area contributed by atoms with Crippen molar-refractivity contribution in [2.24, 2.45) is 0 Å². The van der Waals surface area contributed by atoms with E-state index in [0.717, 1.165) is 55.5 Å². The van der Waals surface area contributed by atoms with Crippen molar-refractivity contribution < 1.29 is 14.1 Å². The van der Waals surface area contributed by atoms with Crippen molar-refractivity contribution in [3.8, 4) is 5.75 Å². The highest BCUT2D eigenvalue weighted by atomic mass is 16.5. The third-order valence-electron chi connectivity index (χ3n) is 4.91. The molecule has 1 fully saturated rings. The molecule has 1 aliphatic rings. The molecule has 26 heavy (non-hydrogen) atoms. The van der Waals surface area contributed by atoms with Gasteiger partial charge in [-0.2, -0.15) is 0 Å². The van der Waals surface area contributed by atoms with Gasteiger partial charge in [0, 0.05) is 44.7 Å². The van der Waals surface area contributed by atoms with Gasteiger partial charge >= 0.3 is 0 Å². The molecule has 6 heteroatoms. The molecule has 0 spiro atoms. The summed E-state index contributed by atoms with van der Waals surface area (Å²) >= 11 is 0. The van der Waals surface area contributed by atoms with E-state index in [-0.39, 0.29) is 5.91 Å². The fourth-order valence-corrected chi connectivity index (χ4v) is 3.28. The number of ether oxygens (including phenoxy) is 1. The lowest BCUT2D eigenvalue weighted by Gasteiger charge is -2.34. The molecule has 0 N–H and O–H groups in total. The molecule has 2 heterocycles. The summed E-state index contributed by atoms with van der Waals surface area (Å²) in [6, 6.07) is 9.87. The molecule has 1 aromatic heterocycles. The van der Waals surface area contributed by atoms with Gasteiger partial charge in [0.05, 0.1) is 5.69 Å². The summed E-state index contributed by atoms with van der Waals surface area (Å²) in [7, 11) is 0. The van der Waals surface area contributed by atoms with E-state index in [0.29, 0.717) is 19.4 Å². The monoisotopic (exact) mass is 357 g/mol. The second kappa shape index (κ2) is 8.85. The van der Waals surface area contributed by atoms with Crippen molar-refractivity contribution in [3.05, 3.63) is 47.3 Å². The number of carbonyl (C=O) groups excluding carboxylic acids is 1. The van der Waals surface area contributed by atoms with Crippen LogP contribution in [0.1, 0.15) is 23.4 Å². The molecule has 0 saturated carbocycles. The number of piperazine rings is 1. The van der Waals surface area contributed by atoms with E-state index >= 15 is 0 Å². The summed E-state index contributed by atoms with van der Waals surface area (Å²) < 4.78 is 10.9. The Hall–Kier alpha value is -2.34. The lowest BCUT2D eigenvalue weighted by atomic mass is 10.1. The molecule has 0 aliphatic carbocycles. The molecular formula is C20H27N3O3. The molecule has 6 nitrogen and oxygen atoms in total. The number of nitrogens with zero attached hydrogens (tertiary/aromatic N) is 3. The molecular weight excluding hydrogens is 330 g/mol. The van der Waals surface area contributed by atoms with Crippen LogP contribution < -0.4 is 4.74 Å². The zero-order chi connectivity index (χ0) is 18.4. The van der Waals surface area contributed by atoms with E-state index in [4.69, 9.17) is 9.26 Å². The van der Waals surface area contributed by atoms with Crippen LogP contribution in [0.25, 0.3) is 0 Å². The summed E-state index contributed by atoms with van der Waals surface area (Å²) in [4.78, 5) is 16.8. The van der Waals surface area contributed by atoms with Gasteiger partial charge in [-0.25, -0.2) is 0 Å². The minimum Gasteiger partial charge on any atom is -0.492 e. The van der Waals surface area contributed by atoms with Crippen LogP contribution in [0.5, 0.6) is 5.75 Å². The van der Waals surface area contributed by atoms with Crippen LogP contribution in [0.2, 0.25) is 0 Å². The Labute approximate surface area is 154 Å². The summed E-state index contributed by atoms with van der Waals surface area (Å²) in [6.07, 6.45) is 1.21. The second-order valence-corrected chi connectivity index (χ2v) is 6.69. The minimum absolute atomic E-state index is 0.213. The first-order valence-corrected chi connectivity index (χ1v) is 9.23. The Bertz CT molecular complexity index is 687. The highest BCUT2D eigenvalue weighted by molar-refractivity contribution is 5.76. The Kier molecular flexibility index (Phi) is 6.28. The van der Waals surface area contributed by atoms with Gasteiger partial charge in [-0.1, -0.05) is 23.4 Å². The number of aryl methyl sites for hydroxylation is 2. The van der Waals surface area contributed by atoms with Crippen molar-refractivity contribution >= 4 is 5.91 Å². The quantitative estimate of drug-likeness (QED) is 0.762. The van der Waals surface area contributed by atoms with E-state index in [1.165, 1.54) is 0 Å². The number of aromatic nitrogens is 1. The van der Waals surface area contributed by atoms with Crippen LogP contribution >= 0.6 is 0 Å². The molecule has 140 valence electrons. The topological polar surface area (TPSA) is 58.8 Å². The maximum Gasteiger partial charge on any atom is 0.222 e. The van der Waals surface area contributed by atoms with E-state index in [9.17, 15) is 4.79 Å². The molecule has 0 unspecified atom stereocenters. The van der Waals surface area contributed by atoms with Gasteiger partial charge in [0.1, 0.15) is 18.1 Å². The van der Waals surface area contributed by atoms with Crippen LogP contribution in [-0.2, 0) is 11.2 Å². The van der Waals surface area contributed by atoms with Crippen molar-refractivity contribution in [2.45, 2.75) is 26.7 Å². The molecule has 0 bridgehead atoms. The predicted octanol–water partition coefficient (Wildman–Crippen LogP) is 2.45. The zero-order valence-corrected chi connectivity index (χ0v) is 15.6. The molecule has 1 aromatic carbocycles. The lowest BCUT2D eigenvalue weighted by molar-refractivity contribution is -0.132. The SMILES string of the molecule is Cc1noc(C)c1CCC(=O)N1CCN(CCOc2ccccc2)CC1. The van der Waals surface area contributed by atoms with Gasteiger partial charge in [-0.15, -0.1) is 0 Å². The van der Waals surface area contributed by atoms with Gasteiger partial charge in [0.2, 0.25) is 5.91 Å². The smallest absolute Gasteiger partial charge is 0.222 e.